The molecule has 1 aromatic heterocycles. The van der Waals surface area contributed by atoms with E-state index in [1.807, 2.05) is 60.0 Å². The van der Waals surface area contributed by atoms with Gasteiger partial charge in [-0.1, -0.05) is 41.9 Å². The first-order valence-electron chi connectivity index (χ1n) is 7.90. The molecule has 0 fully saturated rings. The molecule has 3 aromatic rings. The number of fused-ring (bicyclic) bond motifs is 1. The molecule has 0 aliphatic rings. The summed E-state index contributed by atoms with van der Waals surface area (Å²) in [6, 6.07) is 15.4. The first-order valence-corrected chi connectivity index (χ1v) is 8.28. The molecule has 0 amide bonds. The van der Waals surface area contributed by atoms with Crippen molar-refractivity contribution < 1.29 is 9.90 Å². The van der Waals surface area contributed by atoms with Crippen LogP contribution in [0.1, 0.15) is 28.5 Å². The molecular weight excluding hydrogens is 324 g/mol. The molecule has 2 aromatic carbocycles. The van der Waals surface area contributed by atoms with Crippen LogP contribution in [0.4, 0.5) is 0 Å². The summed E-state index contributed by atoms with van der Waals surface area (Å²) in [5, 5.41) is 14.7. The minimum absolute atomic E-state index is 0.363. The van der Waals surface area contributed by atoms with Gasteiger partial charge in [0.1, 0.15) is 5.69 Å². The number of halogens is 1. The molecule has 1 heterocycles. The third-order valence-electron chi connectivity index (χ3n) is 4.14. The van der Waals surface area contributed by atoms with E-state index in [9.17, 15) is 9.90 Å². The van der Waals surface area contributed by atoms with E-state index in [-0.39, 0.29) is 0 Å². The van der Waals surface area contributed by atoms with Gasteiger partial charge in [0.05, 0.1) is 0 Å². The predicted octanol–water partition coefficient (Wildman–Crippen LogP) is 4.30. The Hall–Kier alpha value is -2.30. The van der Waals surface area contributed by atoms with E-state index in [0.717, 1.165) is 22.0 Å². The minimum atomic E-state index is -0.892. The average Bonchev–Trinajstić information content (AvgIpc) is 2.91. The van der Waals surface area contributed by atoms with E-state index >= 15 is 0 Å². The fourth-order valence-corrected chi connectivity index (χ4v) is 3.19. The highest BCUT2D eigenvalue weighted by Crippen LogP contribution is 2.26. The van der Waals surface area contributed by atoms with Crippen molar-refractivity contribution in [2.75, 3.05) is 0 Å². The lowest BCUT2D eigenvalue weighted by Crippen LogP contribution is -2.16. The number of nitrogens with one attached hydrogen (secondary N) is 1. The van der Waals surface area contributed by atoms with Crippen LogP contribution in [-0.2, 0) is 19.6 Å². The molecule has 0 aliphatic heterocycles. The largest absolute Gasteiger partial charge is 0.477 e. The van der Waals surface area contributed by atoms with Gasteiger partial charge in [0.25, 0.3) is 0 Å². The maximum Gasteiger partial charge on any atom is 0.352 e. The minimum Gasteiger partial charge on any atom is -0.477 e. The topological polar surface area (TPSA) is 54.3 Å². The van der Waals surface area contributed by atoms with Gasteiger partial charge in [-0.15, -0.1) is 0 Å². The molecule has 0 saturated carbocycles. The molecule has 124 valence electrons. The fourth-order valence-electron chi connectivity index (χ4n) is 3.06. The van der Waals surface area contributed by atoms with Gasteiger partial charge >= 0.3 is 5.97 Å². The maximum absolute atomic E-state index is 11.8. The molecule has 4 nitrogen and oxygen atoms in total. The standard InChI is InChI=1S/C19H19ClN2O2/c1-2-22-17-6-4-3-5-15(17)16(18(22)19(23)24)12-21-11-13-7-9-14(20)10-8-13/h3-10,21H,2,11-12H2,1H3,(H,23,24). The molecule has 3 rings (SSSR count). The number of hydrogen-bond donors (Lipinski definition) is 2. The summed E-state index contributed by atoms with van der Waals surface area (Å²) in [4.78, 5) is 11.8. The quantitative estimate of drug-likeness (QED) is 0.702. The van der Waals surface area contributed by atoms with Crippen molar-refractivity contribution in [3.05, 3.63) is 70.4 Å². The van der Waals surface area contributed by atoms with Crippen molar-refractivity contribution in [1.82, 2.24) is 9.88 Å². The molecular formula is C19H19ClN2O2. The Balaban J connectivity index is 1.89. The van der Waals surface area contributed by atoms with Crippen LogP contribution in [0.3, 0.4) is 0 Å². The highest BCUT2D eigenvalue weighted by atomic mass is 35.5. The van der Waals surface area contributed by atoms with Gasteiger partial charge in [-0.05, 0) is 30.7 Å². The number of aromatic nitrogens is 1. The Labute approximate surface area is 145 Å². The van der Waals surface area contributed by atoms with Crippen LogP contribution in [-0.4, -0.2) is 15.6 Å². The fraction of sp³-hybridized carbons (Fsp3) is 0.211. The number of carbonyl (C=O) groups is 1. The van der Waals surface area contributed by atoms with Crippen LogP contribution in [0.25, 0.3) is 10.9 Å². The Morgan fingerprint density at radius 2 is 1.83 bits per heavy atom. The van der Waals surface area contributed by atoms with E-state index in [4.69, 9.17) is 11.6 Å². The number of aromatic carboxylic acids is 1. The van der Waals surface area contributed by atoms with Gasteiger partial charge in [-0.3, -0.25) is 0 Å². The second-order valence-corrected chi connectivity index (χ2v) is 6.06. The van der Waals surface area contributed by atoms with Gasteiger partial charge in [0.2, 0.25) is 0 Å². The van der Waals surface area contributed by atoms with Crippen molar-refractivity contribution in [1.29, 1.82) is 0 Å². The molecule has 0 saturated heterocycles. The van der Waals surface area contributed by atoms with Gasteiger partial charge in [-0.2, -0.15) is 0 Å². The molecule has 0 aliphatic carbocycles. The van der Waals surface area contributed by atoms with E-state index in [1.54, 1.807) is 0 Å². The number of carboxylic acids is 1. The van der Waals surface area contributed by atoms with Crippen LogP contribution >= 0.6 is 11.6 Å². The summed E-state index contributed by atoms with van der Waals surface area (Å²) < 4.78 is 1.86. The van der Waals surface area contributed by atoms with Crippen molar-refractivity contribution >= 4 is 28.5 Å². The summed E-state index contributed by atoms with van der Waals surface area (Å²) in [5.41, 5.74) is 3.26. The third-order valence-corrected chi connectivity index (χ3v) is 4.39. The first kappa shape index (κ1) is 16.6. The highest BCUT2D eigenvalue weighted by Gasteiger charge is 2.20. The molecule has 0 unspecified atom stereocenters. The lowest BCUT2D eigenvalue weighted by atomic mass is 10.1. The van der Waals surface area contributed by atoms with Crippen LogP contribution < -0.4 is 5.32 Å². The average molecular weight is 343 g/mol. The molecule has 2 N–H and O–H groups in total. The monoisotopic (exact) mass is 342 g/mol. The lowest BCUT2D eigenvalue weighted by Gasteiger charge is -2.07. The number of hydrogen-bond acceptors (Lipinski definition) is 2. The van der Waals surface area contributed by atoms with E-state index in [2.05, 4.69) is 5.32 Å². The summed E-state index contributed by atoms with van der Waals surface area (Å²) >= 11 is 5.89. The molecule has 0 atom stereocenters. The van der Waals surface area contributed by atoms with E-state index in [1.165, 1.54) is 0 Å². The van der Waals surface area contributed by atoms with E-state index < -0.39 is 5.97 Å². The van der Waals surface area contributed by atoms with Gasteiger partial charge in [0.15, 0.2) is 0 Å². The molecule has 0 bridgehead atoms. The van der Waals surface area contributed by atoms with Crippen molar-refractivity contribution in [3.63, 3.8) is 0 Å². The zero-order valence-corrected chi connectivity index (χ0v) is 14.2. The lowest BCUT2D eigenvalue weighted by molar-refractivity contribution is 0.0684. The second-order valence-electron chi connectivity index (χ2n) is 5.62. The normalized spacial score (nSPS) is 11.1. The molecule has 0 spiro atoms. The van der Waals surface area contributed by atoms with Gasteiger partial charge < -0.3 is 15.0 Å². The zero-order chi connectivity index (χ0) is 17.1. The summed E-state index contributed by atoms with van der Waals surface area (Å²) in [5.74, 6) is -0.892. The van der Waals surface area contributed by atoms with Crippen molar-refractivity contribution in [2.45, 2.75) is 26.6 Å². The number of para-hydroxylation sites is 1. The summed E-state index contributed by atoms with van der Waals surface area (Å²) in [7, 11) is 0. The highest BCUT2D eigenvalue weighted by molar-refractivity contribution is 6.30. The van der Waals surface area contributed by atoms with Gasteiger partial charge in [-0.25, -0.2) is 4.79 Å². The van der Waals surface area contributed by atoms with E-state index in [0.29, 0.717) is 30.4 Å². The second kappa shape index (κ2) is 7.07. The molecule has 24 heavy (non-hydrogen) atoms. The summed E-state index contributed by atoms with van der Waals surface area (Å²) in [6.45, 7) is 3.74. The third kappa shape index (κ3) is 3.16. The SMILES string of the molecule is CCn1c(C(=O)O)c(CNCc2ccc(Cl)cc2)c2ccccc21. The predicted molar refractivity (Wildman–Crippen MR) is 96.6 cm³/mol. The van der Waals surface area contributed by atoms with Crippen LogP contribution in [0.5, 0.6) is 0 Å². The first-order chi connectivity index (χ1) is 11.6. The zero-order valence-electron chi connectivity index (χ0n) is 13.4. The Morgan fingerprint density at radius 3 is 2.50 bits per heavy atom. The smallest absolute Gasteiger partial charge is 0.352 e. The number of rotatable bonds is 6. The number of carboxylic acid groups (broad SMARTS) is 1. The molecule has 0 radical (unpaired) electrons. The van der Waals surface area contributed by atoms with Gasteiger partial charge in [0, 0.05) is 41.1 Å². The maximum atomic E-state index is 11.8. The van der Waals surface area contributed by atoms with Crippen LogP contribution in [0.2, 0.25) is 5.02 Å². The Kier molecular flexibility index (Phi) is 4.88. The summed E-state index contributed by atoms with van der Waals surface area (Å²) in [6.07, 6.45) is 0. The Bertz CT molecular complexity index is 869. The number of nitrogens with zero attached hydrogens (tertiary/aromatic N) is 1. The van der Waals surface area contributed by atoms with Crippen molar-refractivity contribution in [3.8, 4) is 0 Å². The van der Waals surface area contributed by atoms with Crippen molar-refractivity contribution in [2.24, 2.45) is 0 Å². The molecule has 5 heteroatoms. The number of benzene rings is 2. The number of aryl methyl sites for hydroxylation is 1. The van der Waals surface area contributed by atoms with Crippen LogP contribution in [0.15, 0.2) is 48.5 Å². The Morgan fingerprint density at radius 1 is 1.12 bits per heavy atom. The van der Waals surface area contributed by atoms with Crippen LogP contribution in [0, 0.1) is 0 Å².